The van der Waals surface area contributed by atoms with Crippen LogP contribution in [0, 0.1) is 5.82 Å². The lowest BCUT2D eigenvalue weighted by Crippen LogP contribution is -2.43. The van der Waals surface area contributed by atoms with E-state index in [0.29, 0.717) is 18.7 Å². The second kappa shape index (κ2) is 9.17. The van der Waals surface area contributed by atoms with E-state index in [1.165, 1.54) is 6.07 Å². The van der Waals surface area contributed by atoms with Crippen LogP contribution >= 0.6 is 0 Å². The van der Waals surface area contributed by atoms with Gasteiger partial charge in [0.15, 0.2) is 0 Å². The summed E-state index contributed by atoms with van der Waals surface area (Å²) in [5.41, 5.74) is 0.303. The molecule has 0 saturated carbocycles. The van der Waals surface area contributed by atoms with Gasteiger partial charge in [-0.15, -0.1) is 0 Å². The molecule has 1 unspecified atom stereocenters. The summed E-state index contributed by atoms with van der Waals surface area (Å²) in [6.45, 7) is 5.69. The largest absolute Gasteiger partial charge is 0.395 e. The minimum absolute atomic E-state index is 0.0209. The lowest BCUT2D eigenvalue weighted by atomic mass is 10.1. The Kier molecular flexibility index (Phi) is 7.21. The summed E-state index contributed by atoms with van der Waals surface area (Å²) < 4.78 is 19.0. The zero-order chi connectivity index (χ0) is 15.8. The van der Waals surface area contributed by atoms with Gasteiger partial charge in [0.25, 0.3) is 0 Å². The summed E-state index contributed by atoms with van der Waals surface area (Å²) in [5.74, 6) is -0.396. The molecule has 1 aromatic carbocycles. The van der Waals surface area contributed by atoms with Gasteiger partial charge in [-0.2, -0.15) is 0 Å². The fraction of sp³-hybridized carbons (Fsp3) is 0.625. The molecule has 124 valence electrons. The molecule has 6 heteroatoms. The normalized spacial score (nSPS) is 17.8. The Labute approximate surface area is 130 Å². The van der Waals surface area contributed by atoms with Crippen LogP contribution in [0.2, 0.25) is 0 Å². The first-order valence-corrected chi connectivity index (χ1v) is 7.76. The Bertz CT molecular complexity index is 441. The van der Waals surface area contributed by atoms with E-state index in [1.54, 1.807) is 18.2 Å². The quantitative estimate of drug-likeness (QED) is 0.731. The molecular formula is C16H25FN2O3. The first-order chi connectivity index (χ1) is 10.7. The van der Waals surface area contributed by atoms with E-state index in [4.69, 9.17) is 4.74 Å². The second-order valence-corrected chi connectivity index (χ2v) is 5.52. The van der Waals surface area contributed by atoms with Crippen LogP contribution in [0.1, 0.15) is 11.7 Å². The van der Waals surface area contributed by atoms with Crippen LogP contribution < -0.4 is 0 Å². The first kappa shape index (κ1) is 17.3. The molecule has 1 aromatic rings. The fourth-order valence-electron chi connectivity index (χ4n) is 2.63. The maximum absolute atomic E-state index is 13.7. The first-order valence-electron chi connectivity index (χ1n) is 7.76. The number of aliphatic hydroxyl groups excluding tert-OH is 2. The van der Waals surface area contributed by atoms with Crippen molar-refractivity contribution in [2.24, 2.45) is 0 Å². The second-order valence-electron chi connectivity index (χ2n) is 5.52. The Morgan fingerprint density at radius 3 is 2.64 bits per heavy atom. The number of benzene rings is 1. The molecule has 5 nitrogen and oxygen atoms in total. The van der Waals surface area contributed by atoms with Gasteiger partial charge < -0.3 is 14.9 Å². The smallest absolute Gasteiger partial charge is 0.129 e. The number of aliphatic hydroxyl groups is 2. The Morgan fingerprint density at radius 1 is 1.23 bits per heavy atom. The average molecular weight is 312 g/mol. The van der Waals surface area contributed by atoms with E-state index in [1.807, 2.05) is 4.90 Å². The summed E-state index contributed by atoms with van der Waals surface area (Å²) in [5, 5.41) is 19.4. The number of rotatable bonds is 8. The fourth-order valence-corrected chi connectivity index (χ4v) is 2.63. The summed E-state index contributed by atoms with van der Waals surface area (Å²) >= 11 is 0. The van der Waals surface area contributed by atoms with Crippen LogP contribution in [0.4, 0.5) is 4.39 Å². The predicted molar refractivity (Wildman–Crippen MR) is 82.1 cm³/mol. The van der Waals surface area contributed by atoms with Gasteiger partial charge in [0.05, 0.1) is 25.9 Å². The molecule has 1 atom stereocenters. The van der Waals surface area contributed by atoms with Crippen LogP contribution in [-0.4, -0.2) is 79.1 Å². The maximum Gasteiger partial charge on any atom is 0.129 e. The molecule has 22 heavy (non-hydrogen) atoms. The van der Waals surface area contributed by atoms with Crippen LogP contribution in [0.15, 0.2) is 24.3 Å². The number of ether oxygens (including phenoxy) is 1. The topological polar surface area (TPSA) is 56.2 Å². The van der Waals surface area contributed by atoms with Crippen molar-refractivity contribution >= 4 is 0 Å². The molecule has 0 spiro atoms. The highest BCUT2D eigenvalue weighted by molar-refractivity contribution is 5.20. The van der Waals surface area contributed by atoms with Gasteiger partial charge in [0, 0.05) is 44.8 Å². The zero-order valence-corrected chi connectivity index (χ0v) is 12.8. The highest BCUT2D eigenvalue weighted by atomic mass is 19.1. The third-order valence-corrected chi connectivity index (χ3v) is 3.95. The third kappa shape index (κ3) is 5.30. The van der Waals surface area contributed by atoms with Crippen molar-refractivity contribution in [2.45, 2.75) is 6.10 Å². The molecule has 2 N–H and O–H groups in total. The van der Waals surface area contributed by atoms with Crippen molar-refractivity contribution in [1.29, 1.82) is 0 Å². The monoisotopic (exact) mass is 312 g/mol. The van der Waals surface area contributed by atoms with Crippen molar-refractivity contribution in [2.75, 3.05) is 59.1 Å². The molecule has 1 aliphatic rings. The summed E-state index contributed by atoms with van der Waals surface area (Å²) in [6, 6.07) is 6.27. The number of nitrogens with zero attached hydrogens (tertiary/aromatic N) is 2. The van der Waals surface area contributed by atoms with E-state index < -0.39 is 11.9 Å². The lowest BCUT2D eigenvalue weighted by molar-refractivity contribution is 0.0281. The minimum Gasteiger partial charge on any atom is -0.395 e. The number of morpholine rings is 1. The van der Waals surface area contributed by atoms with Gasteiger partial charge in [-0.1, -0.05) is 18.2 Å². The molecule has 0 amide bonds. The SMILES string of the molecule is OCCN(CCN1CCOCC1)CC(O)c1ccccc1F. The Morgan fingerprint density at radius 2 is 1.95 bits per heavy atom. The summed E-state index contributed by atoms with van der Waals surface area (Å²) in [7, 11) is 0. The standard InChI is InChI=1S/C16H25FN2O3/c17-15-4-2-1-3-14(15)16(21)13-19(7-10-20)6-5-18-8-11-22-12-9-18/h1-4,16,20-21H,5-13H2. The summed E-state index contributed by atoms with van der Waals surface area (Å²) in [4.78, 5) is 4.26. The van der Waals surface area contributed by atoms with Gasteiger partial charge in [-0.3, -0.25) is 9.80 Å². The molecule has 1 fully saturated rings. The molecule has 0 bridgehead atoms. The maximum atomic E-state index is 13.7. The zero-order valence-electron chi connectivity index (χ0n) is 12.8. The summed E-state index contributed by atoms with van der Waals surface area (Å²) in [6.07, 6.45) is -0.891. The van der Waals surface area contributed by atoms with Crippen LogP contribution in [0.5, 0.6) is 0 Å². The number of hydrogen-bond donors (Lipinski definition) is 2. The van der Waals surface area contributed by atoms with Crippen molar-refractivity contribution in [1.82, 2.24) is 9.80 Å². The average Bonchev–Trinajstić information content (AvgIpc) is 2.54. The molecule has 0 aliphatic carbocycles. The van der Waals surface area contributed by atoms with E-state index in [2.05, 4.69) is 4.90 Å². The van der Waals surface area contributed by atoms with Gasteiger partial charge in [-0.25, -0.2) is 4.39 Å². The molecule has 0 radical (unpaired) electrons. The van der Waals surface area contributed by atoms with Gasteiger partial charge >= 0.3 is 0 Å². The minimum atomic E-state index is -0.891. The van der Waals surface area contributed by atoms with Gasteiger partial charge in [0.2, 0.25) is 0 Å². The van der Waals surface area contributed by atoms with Crippen molar-refractivity contribution in [3.63, 3.8) is 0 Å². The van der Waals surface area contributed by atoms with Gasteiger partial charge in [0.1, 0.15) is 5.82 Å². The van der Waals surface area contributed by atoms with Crippen LogP contribution in [-0.2, 0) is 4.74 Å². The van der Waals surface area contributed by atoms with Crippen LogP contribution in [0.25, 0.3) is 0 Å². The van der Waals surface area contributed by atoms with Crippen LogP contribution in [0.3, 0.4) is 0 Å². The Balaban J connectivity index is 1.86. The third-order valence-electron chi connectivity index (χ3n) is 3.95. The van der Waals surface area contributed by atoms with Gasteiger partial charge in [-0.05, 0) is 6.07 Å². The molecule has 1 aliphatic heterocycles. The molecule has 0 aromatic heterocycles. The number of halogens is 1. The van der Waals surface area contributed by atoms with E-state index >= 15 is 0 Å². The van der Waals surface area contributed by atoms with Crippen molar-refractivity contribution in [3.05, 3.63) is 35.6 Å². The molecule has 2 rings (SSSR count). The van der Waals surface area contributed by atoms with E-state index in [0.717, 1.165) is 39.4 Å². The van der Waals surface area contributed by atoms with Crippen molar-refractivity contribution in [3.8, 4) is 0 Å². The lowest BCUT2D eigenvalue weighted by Gasteiger charge is -2.30. The molecule has 1 heterocycles. The van der Waals surface area contributed by atoms with Crippen molar-refractivity contribution < 1.29 is 19.3 Å². The Hall–Kier alpha value is -1.05. The highest BCUT2D eigenvalue weighted by Crippen LogP contribution is 2.17. The molecular weight excluding hydrogens is 287 g/mol. The highest BCUT2D eigenvalue weighted by Gasteiger charge is 2.18. The predicted octanol–water partition coefficient (Wildman–Crippen LogP) is 0.486. The number of hydrogen-bond acceptors (Lipinski definition) is 5. The van der Waals surface area contributed by atoms with E-state index in [9.17, 15) is 14.6 Å². The van der Waals surface area contributed by atoms with E-state index in [-0.39, 0.29) is 6.61 Å². The molecule has 1 saturated heterocycles.